The smallest absolute Gasteiger partial charge is 0.316 e. The molecule has 1 rings (SSSR count). The molecule has 1 heterocycles. The van der Waals surface area contributed by atoms with Gasteiger partial charge in [0.2, 0.25) is 0 Å². The number of rotatable bonds is 7. The molecule has 0 aliphatic rings. The summed E-state index contributed by atoms with van der Waals surface area (Å²) < 4.78 is 10.8. The molecule has 0 fully saturated rings. The fourth-order valence-electron chi connectivity index (χ4n) is 1.18. The largest absolute Gasteiger partial charge is 0.461 e. The highest BCUT2D eigenvalue weighted by molar-refractivity contribution is 6.17. The molecule has 0 aromatic carbocycles. The monoisotopic (exact) mass is 258 g/mol. The van der Waals surface area contributed by atoms with E-state index in [0.717, 1.165) is 17.9 Å². The van der Waals surface area contributed by atoms with Gasteiger partial charge in [0.05, 0.1) is 12.5 Å². The molecule has 0 spiro atoms. The summed E-state index contributed by atoms with van der Waals surface area (Å²) in [4.78, 5) is 8.27. The molecule has 5 heteroatoms. The van der Waals surface area contributed by atoms with Crippen molar-refractivity contribution in [2.75, 3.05) is 19.8 Å². The number of halogens is 1. The van der Waals surface area contributed by atoms with Crippen molar-refractivity contribution in [3.8, 4) is 6.01 Å². The summed E-state index contributed by atoms with van der Waals surface area (Å²) in [6, 6.07) is 0.379. The van der Waals surface area contributed by atoms with Gasteiger partial charge in [-0.3, -0.25) is 0 Å². The zero-order chi connectivity index (χ0) is 12.7. The highest BCUT2D eigenvalue weighted by atomic mass is 35.5. The molecule has 0 saturated heterocycles. The van der Waals surface area contributed by atoms with Crippen LogP contribution in [0.2, 0.25) is 0 Å². The van der Waals surface area contributed by atoms with E-state index in [1.165, 1.54) is 0 Å². The predicted octanol–water partition coefficient (Wildman–Crippen LogP) is 2.58. The lowest BCUT2D eigenvalue weighted by Gasteiger charge is -2.08. The van der Waals surface area contributed by atoms with Crippen molar-refractivity contribution in [2.45, 2.75) is 26.7 Å². The minimum atomic E-state index is 0.379. The standard InChI is InChI=1S/C12H19ClN2O2/c1-9(2)8-16-4-5-17-12-14-7-11(6-13)10(3)15-12/h7,9H,4-6,8H2,1-3H3. The molecular formula is C12H19ClN2O2. The quantitative estimate of drug-likeness (QED) is 0.557. The maximum Gasteiger partial charge on any atom is 0.316 e. The fraction of sp³-hybridized carbons (Fsp3) is 0.667. The molecule has 4 nitrogen and oxygen atoms in total. The van der Waals surface area contributed by atoms with Crippen LogP contribution in [0.1, 0.15) is 25.1 Å². The van der Waals surface area contributed by atoms with Gasteiger partial charge in [0, 0.05) is 24.1 Å². The van der Waals surface area contributed by atoms with E-state index in [0.29, 0.717) is 31.0 Å². The van der Waals surface area contributed by atoms with Gasteiger partial charge in [-0.1, -0.05) is 13.8 Å². The summed E-state index contributed by atoms with van der Waals surface area (Å²) >= 11 is 5.72. The highest BCUT2D eigenvalue weighted by Crippen LogP contribution is 2.10. The van der Waals surface area contributed by atoms with Crippen LogP contribution in [-0.2, 0) is 10.6 Å². The van der Waals surface area contributed by atoms with Crippen molar-refractivity contribution in [2.24, 2.45) is 5.92 Å². The molecule has 1 aromatic heterocycles. The molecule has 0 unspecified atom stereocenters. The first-order valence-corrected chi connectivity index (χ1v) is 6.26. The van der Waals surface area contributed by atoms with Gasteiger partial charge in [-0.25, -0.2) is 9.97 Å². The SMILES string of the molecule is Cc1nc(OCCOCC(C)C)ncc1CCl. The molecule has 0 N–H and O–H groups in total. The number of aromatic nitrogens is 2. The third-order valence-electron chi connectivity index (χ3n) is 2.11. The Kier molecular flexibility index (Phi) is 6.22. The van der Waals surface area contributed by atoms with Crippen LogP contribution in [0.15, 0.2) is 6.20 Å². The molecule has 0 aliphatic heterocycles. The van der Waals surface area contributed by atoms with Gasteiger partial charge in [-0.05, 0) is 12.8 Å². The Balaban J connectivity index is 2.30. The molecule has 0 aliphatic carbocycles. The van der Waals surface area contributed by atoms with Crippen molar-refractivity contribution in [3.05, 3.63) is 17.5 Å². The molecule has 0 saturated carbocycles. The van der Waals surface area contributed by atoms with E-state index >= 15 is 0 Å². The van der Waals surface area contributed by atoms with Crippen LogP contribution in [0.25, 0.3) is 0 Å². The lowest BCUT2D eigenvalue weighted by molar-refractivity contribution is 0.0791. The Morgan fingerprint density at radius 3 is 2.71 bits per heavy atom. The lowest BCUT2D eigenvalue weighted by Crippen LogP contribution is -2.11. The maximum atomic E-state index is 5.72. The van der Waals surface area contributed by atoms with Gasteiger partial charge in [-0.15, -0.1) is 11.6 Å². The number of aryl methyl sites for hydroxylation is 1. The van der Waals surface area contributed by atoms with Crippen molar-refractivity contribution < 1.29 is 9.47 Å². The normalized spacial score (nSPS) is 10.9. The van der Waals surface area contributed by atoms with Crippen molar-refractivity contribution in [3.63, 3.8) is 0 Å². The molecule has 0 amide bonds. The predicted molar refractivity (Wildman–Crippen MR) is 67.5 cm³/mol. The second kappa shape index (κ2) is 7.45. The Morgan fingerprint density at radius 1 is 1.35 bits per heavy atom. The zero-order valence-electron chi connectivity index (χ0n) is 10.6. The van der Waals surface area contributed by atoms with Crippen LogP contribution in [0.4, 0.5) is 0 Å². The lowest BCUT2D eigenvalue weighted by atomic mass is 10.2. The van der Waals surface area contributed by atoms with Gasteiger partial charge in [0.1, 0.15) is 6.61 Å². The third kappa shape index (κ3) is 5.33. The first-order valence-electron chi connectivity index (χ1n) is 5.72. The Hall–Kier alpha value is -0.870. The summed E-state index contributed by atoms with van der Waals surface area (Å²) in [5.41, 5.74) is 1.78. The van der Waals surface area contributed by atoms with Crippen LogP contribution in [0, 0.1) is 12.8 Å². The van der Waals surface area contributed by atoms with E-state index in [-0.39, 0.29) is 0 Å². The number of alkyl halides is 1. The number of ether oxygens (including phenoxy) is 2. The summed E-state index contributed by atoms with van der Waals surface area (Å²) in [6.07, 6.45) is 1.69. The molecular weight excluding hydrogens is 240 g/mol. The Labute approximate surface area is 107 Å². The second-order valence-corrected chi connectivity index (χ2v) is 4.48. The Morgan fingerprint density at radius 2 is 2.12 bits per heavy atom. The Bertz CT molecular complexity index is 345. The molecule has 0 radical (unpaired) electrons. The molecule has 0 bridgehead atoms. The van der Waals surface area contributed by atoms with E-state index < -0.39 is 0 Å². The summed E-state index contributed by atoms with van der Waals surface area (Å²) in [5.74, 6) is 0.959. The minimum absolute atomic E-state index is 0.379. The molecule has 1 aromatic rings. The first kappa shape index (κ1) is 14.2. The summed E-state index contributed by atoms with van der Waals surface area (Å²) in [5, 5.41) is 0. The van der Waals surface area contributed by atoms with Gasteiger partial charge in [0.25, 0.3) is 0 Å². The third-order valence-corrected chi connectivity index (χ3v) is 2.40. The summed E-state index contributed by atoms with van der Waals surface area (Å²) in [7, 11) is 0. The van der Waals surface area contributed by atoms with Crippen molar-refractivity contribution in [1.29, 1.82) is 0 Å². The van der Waals surface area contributed by atoms with Crippen LogP contribution in [0.3, 0.4) is 0 Å². The van der Waals surface area contributed by atoms with Crippen molar-refractivity contribution >= 4 is 11.6 Å². The van der Waals surface area contributed by atoms with Gasteiger partial charge < -0.3 is 9.47 Å². The zero-order valence-corrected chi connectivity index (χ0v) is 11.3. The molecule has 17 heavy (non-hydrogen) atoms. The van der Waals surface area contributed by atoms with Gasteiger partial charge in [-0.2, -0.15) is 0 Å². The topological polar surface area (TPSA) is 44.2 Å². The maximum absolute atomic E-state index is 5.72. The number of hydrogen-bond acceptors (Lipinski definition) is 4. The number of hydrogen-bond donors (Lipinski definition) is 0. The molecule has 96 valence electrons. The second-order valence-electron chi connectivity index (χ2n) is 4.21. The summed E-state index contributed by atoms with van der Waals surface area (Å²) in [6.45, 7) is 7.87. The van der Waals surface area contributed by atoms with E-state index in [2.05, 4.69) is 23.8 Å². The molecule has 0 atom stereocenters. The van der Waals surface area contributed by atoms with E-state index in [9.17, 15) is 0 Å². The first-order chi connectivity index (χ1) is 8.13. The number of nitrogens with zero attached hydrogens (tertiary/aromatic N) is 2. The van der Waals surface area contributed by atoms with Crippen LogP contribution < -0.4 is 4.74 Å². The minimum Gasteiger partial charge on any atom is -0.461 e. The average molecular weight is 259 g/mol. The van der Waals surface area contributed by atoms with Crippen LogP contribution in [-0.4, -0.2) is 29.8 Å². The van der Waals surface area contributed by atoms with E-state index in [1.807, 2.05) is 6.92 Å². The van der Waals surface area contributed by atoms with Gasteiger partial charge >= 0.3 is 6.01 Å². The van der Waals surface area contributed by atoms with Crippen molar-refractivity contribution in [1.82, 2.24) is 9.97 Å². The van der Waals surface area contributed by atoms with E-state index in [4.69, 9.17) is 21.1 Å². The van der Waals surface area contributed by atoms with Crippen LogP contribution >= 0.6 is 11.6 Å². The van der Waals surface area contributed by atoms with Crippen LogP contribution in [0.5, 0.6) is 6.01 Å². The highest BCUT2D eigenvalue weighted by Gasteiger charge is 2.03. The fourth-order valence-corrected chi connectivity index (χ4v) is 1.44. The van der Waals surface area contributed by atoms with E-state index in [1.54, 1.807) is 6.20 Å². The van der Waals surface area contributed by atoms with Gasteiger partial charge in [0.15, 0.2) is 0 Å². The average Bonchev–Trinajstić information content (AvgIpc) is 2.28.